The predicted octanol–water partition coefficient (Wildman–Crippen LogP) is 3.73. The number of halogens is 4. The summed E-state index contributed by atoms with van der Waals surface area (Å²) in [5.41, 5.74) is 0. The van der Waals surface area contributed by atoms with Crippen LogP contribution in [-0.4, -0.2) is 23.2 Å². The van der Waals surface area contributed by atoms with Gasteiger partial charge in [-0.2, -0.15) is 0 Å². The number of rotatable bonds is 7. The molecule has 15 heavy (non-hydrogen) atoms. The minimum Gasteiger partial charge on any atom is -0.287 e. The molecule has 0 aliphatic carbocycles. The van der Waals surface area contributed by atoms with Crippen LogP contribution in [0.25, 0.3) is 0 Å². The van der Waals surface area contributed by atoms with Gasteiger partial charge < -0.3 is 0 Å². The summed E-state index contributed by atoms with van der Waals surface area (Å²) in [4.78, 5) is 10.8. The third kappa shape index (κ3) is 6.76. The molecule has 0 bridgehead atoms. The van der Waals surface area contributed by atoms with E-state index in [0.717, 1.165) is 11.8 Å². The summed E-state index contributed by atoms with van der Waals surface area (Å²) in [5.74, 6) is -3.47. The number of hydrogen-bond donors (Lipinski definition) is 0. The van der Waals surface area contributed by atoms with Crippen molar-refractivity contribution >= 4 is 16.9 Å². The van der Waals surface area contributed by atoms with E-state index in [4.69, 9.17) is 0 Å². The van der Waals surface area contributed by atoms with E-state index in [1.165, 1.54) is 0 Å². The van der Waals surface area contributed by atoms with Gasteiger partial charge in [0.25, 0.3) is 0 Å². The maximum absolute atomic E-state index is 12.4. The highest BCUT2D eigenvalue weighted by molar-refractivity contribution is 8.13. The van der Waals surface area contributed by atoms with Crippen molar-refractivity contribution in [2.75, 3.05) is 5.75 Å². The summed E-state index contributed by atoms with van der Waals surface area (Å²) in [6.07, 6.45) is -3.63. The van der Waals surface area contributed by atoms with E-state index in [9.17, 15) is 22.4 Å². The molecular weight excluding hydrogens is 232 g/mol. The van der Waals surface area contributed by atoms with E-state index in [1.54, 1.807) is 6.92 Å². The second kappa shape index (κ2) is 7.09. The average molecular weight is 246 g/mol. The number of carbonyl (C=O) groups is 1. The molecule has 0 spiro atoms. The SMILES string of the molecule is CCC(=O)SCCCCC(F)(F)C(F)F. The molecule has 0 atom stereocenters. The van der Waals surface area contributed by atoms with Crippen molar-refractivity contribution in [1.82, 2.24) is 0 Å². The van der Waals surface area contributed by atoms with Crippen LogP contribution in [0.4, 0.5) is 17.6 Å². The number of alkyl halides is 4. The van der Waals surface area contributed by atoms with E-state index in [1.807, 2.05) is 0 Å². The van der Waals surface area contributed by atoms with Crippen LogP contribution in [0.2, 0.25) is 0 Å². The molecule has 0 fully saturated rings. The maximum Gasteiger partial charge on any atom is 0.307 e. The Morgan fingerprint density at radius 1 is 1.33 bits per heavy atom. The Bertz CT molecular complexity index is 197. The summed E-state index contributed by atoms with van der Waals surface area (Å²) < 4.78 is 48.1. The molecule has 0 aromatic heterocycles. The third-order valence-electron chi connectivity index (χ3n) is 1.78. The topological polar surface area (TPSA) is 17.1 Å². The molecule has 0 heterocycles. The molecule has 0 aliphatic rings. The van der Waals surface area contributed by atoms with Crippen LogP contribution in [-0.2, 0) is 4.79 Å². The van der Waals surface area contributed by atoms with Gasteiger partial charge in [0.1, 0.15) is 0 Å². The minimum atomic E-state index is -3.89. The van der Waals surface area contributed by atoms with Crippen molar-refractivity contribution in [3.63, 3.8) is 0 Å². The molecule has 0 aromatic carbocycles. The molecule has 0 rings (SSSR count). The van der Waals surface area contributed by atoms with Crippen molar-refractivity contribution < 1.29 is 22.4 Å². The lowest BCUT2D eigenvalue weighted by Crippen LogP contribution is -2.26. The summed E-state index contributed by atoms with van der Waals surface area (Å²) in [6, 6.07) is 0. The second-order valence-electron chi connectivity index (χ2n) is 3.09. The standard InChI is InChI=1S/C9H14F4OS/c1-2-7(14)15-6-4-3-5-9(12,13)8(10)11/h8H,2-6H2,1H3. The van der Waals surface area contributed by atoms with E-state index >= 15 is 0 Å². The van der Waals surface area contributed by atoms with E-state index in [-0.39, 0.29) is 11.5 Å². The van der Waals surface area contributed by atoms with Crippen LogP contribution in [0.15, 0.2) is 0 Å². The summed E-state index contributed by atoms with van der Waals surface area (Å²) in [6.45, 7) is 1.71. The van der Waals surface area contributed by atoms with Gasteiger partial charge in [-0.05, 0) is 12.8 Å². The Morgan fingerprint density at radius 3 is 2.40 bits per heavy atom. The van der Waals surface area contributed by atoms with Crippen LogP contribution < -0.4 is 0 Å². The number of thioether (sulfide) groups is 1. The van der Waals surface area contributed by atoms with E-state index in [2.05, 4.69) is 0 Å². The van der Waals surface area contributed by atoms with Gasteiger partial charge in [-0.15, -0.1) is 0 Å². The summed E-state index contributed by atoms with van der Waals surface area (Å²) in [5, 5.41) is -0.00406. The molecule has 0 saturated carbocycles. The Labute approximate surface area is 90.6 Å². The highest BCUT2D eigenvalue weighted by Crippen LogP contribution is 2.28. The van der Waals surface area contributed by atoms with Crippen molar-refractivity contribution in [3.05, 3.63) is 0 Å². The molecule has 0 aromatic rings. The molecule has 90 valence electrons. The van der Waals surface area contributed by atoms with Gasteiger partial charge in [0.05, 0.1) is 0 Å². The maximum atomic E-state index is 12.4. The van der Waals surface area contributed by atoms with Crippen molar-refractivity contribution in [2.24, 2.45) is 0 Å². The monoisotopic (exact) mass is 246 g/mol. The average Bonchev–Trinajstić information content (AvgIpc) is 2.16. The largest absolute Gasteiger partial charge is 0.307 e. The molecule has 6 heteroatoms. The molecule has 0 radical (unpaired) electrons. The fourth-order valence-electron chi connectivity index (χ4n) is 0.860. The quantitative estimate of drug-likeness (QED) is 0.503. The summed E-state index contributed by atoms with van der Waals surface area (Å²) in [7, 11) is 0. The fraction of sp³-hybridized carbons (Fsp3) is 0.889. The van der Waals surface area contributed by atoms with Gasteiger partial charge in [-0.1, -0.05) is 18.7 Å². The first kappa shape index (κ1) is 14.7. The van der Waals surface area contributed by atoms with Gasteiger partial charge in [0, 0.05) is 18.6 Å². The predicted molar refractivity (Wildman–Crippen MR) is 52.6 cm³/mol. The molecule has 0 unspecified atom stereocenters. The Kier molecular flexibility index (Phi) is 6.96. The highest BCUT2D eigenvalue weighted by atomic mass is 32.2. The van der Waals surface area contributed by atoms with Gasteiger partial charge in [-0.25, -0.2) is 17.6 Å². The Hall–Kier alpha value is -0.260. The van der Waals surface area contributed by atoms with Crippen LogP contribution in [0.1, 0.15) is 32.6 Å². The van der Waals surface area contributed by atoms with Crippen molar-refractivity contribution in [2.45, 2.75) is 45.0 Å². The molecular formula is C9H14F4OS. The highest BCUT2D eigenvalue weighted by Gasteiger charge is 2.39. The lowest BCUT2D eigenvalue weighted by atomic mass is 10.1. The van der Waals surface area contributed by atoms with Crippen LogP contribution >= 0.6 is 11.8 Å². The normalized spacial score (nSPS) is 12.1. The van der Waals surface area contributed by atoms with Gasteiger partial charge in [-0.3, -0.25) is 4.79 Å². The van der Waals surface area contributed by atoms with E-state index in [0.29, 0.717) is 18.6 Å². The van der Waals surface area contributed by atoms with E-state index < -0.39 is 18.8 Å². The number of hydrogen-bond acceptors (Lipinski definition) is 2. The molecule has 0 aliphatic heterocycles. The second-order valence-corrected chi connectivity index (χ2v) is 4.25. The van der Waals surface area contributed by atoms with Gasteiger partial charge in [0.2, 0.25) is 0 Å². The van der Waals surface area contributed by atoms with Gasteiger partial charge in [0.15, 0.2) is 5.12 Å². The van der Waals surface area contributed by atoms with Crippen LogP contribution in [0, 0.1) is 0 Å². The summed E-state index contributed by atoms with van der Waals surface area (Å²) >= 11 is 1.06. The minimum absolute atomic E-state index is 0.00406. The zero-order chi connectivity index (χ0) is 11.9. The van der Waals surface area contributed by atoms with Gasteiger partial charge >= 0.3 is 12.3 Å². The Morgan fingerprint density at radius 2 is 1.93 bits per heavy atom. The lowest BCUT2D eigenvalue weighted by molar-refractivity contribution is -0.133. The molecule has 0 saturated heterocycles. The number of unbranched alkanes of at least 4 members (excludes halogenated alkanes) is 1. The van der Waals surface area contributed by atoms with Crippen molar-refractivity contribution in [3.8, 4) is 0 Å². The van der Waals surface area contributed by atoms with Crippen LogP contribution in [0.3, 0.4) is 0 Å². The number of carbonyl (C=O) groups excluding carboxylic acids is 1. The lowest BCUT2D eigenvalue weighted by Gasteiger charge is -2.14. The fourth-order valence-corrected chi connectivity index (χ4v) is 1.64. The Balaban J connectivity index is 3.50. The van der Waals surface area contributed by atoms with Crippen molar-refractivity contribution in [1.29, 1.82) is 0 Å². The first-order chi connectivity index (χ1) is 6.90. The zero-order valence-electron chi connectivity index (χ0n) is 8.44. The molecule has 0 N–H and O–H groups in total. The molecule has 0 amide bonds. The van der Waals surface area contributed by atoms with Crippen LogP contribution in [0.5, 0.6) is 0 Å². The zero-order valence-corrected chi connectivity index (χ0v) is 9.26. The smallest absolute Gasteiger partial charge is 0.287 e. The first-order valence-corrected chi connectivity index (χ1v) is 5.70. The third-order valence-corrected chi connectivity index (χ3v) is 2.88. The molecule has 1 nitrogen and oxygen atoms in total. The first-order valence-electron chi connectivity index (χ1n) is 4.71.